The minimum absolute atomic E-state index is 0.287. The Bertz CT molecular complexity index is 519. The zero-order chi connectivity index (χ0) is 12.4. The first kappa shape index (κ1) is 12.1. The lowest BCUT2D eigenvalue weighted by atomic mass is 10.0. The number of para-hydroxylation sites is 1. The summed E-state index contributed by atoms with van der Waals surface area (Å²) in [5.74, 6) is 2.40. The molecule has 0 radical (unpaired) electrons. The molecule has 2 heterocycles. The second-order valence-electron chi connectivity index (χ2n) is 4.59. The molecular formula is C14H18N2OS. The van der Waals surface area contributed by atoms with Gasteiger partial charge in [-0.05, 0) is 6.07 Å². The van der Waals surface area contributed by atoms with Crippen LogP contribution >= 0.6 is 11.8 Å². The molecule has 0 amide bonds. The van der Waals surface area contributed by atoms with E-state index in [1.54, 1.807) is 0 Å². The number of hydrogen-bond donors (Lipinski definition) is 1. The molecule has 2 aromatic rings. The van der Waals surface area contributed by atoms with Gasteiger partial charge in [0.05, 0.1) is 12.3 Å². The summed E-state index contributed by atoms with van der Waals surface area (Å²) in [5, 5.41) is 1.20. The molecule has 1 atom stereocenters. The lowest BCUT2D eigenvalue weighted by molar-refractivity contribution is 0.223. The summed E-state index contributed by atoms with van der Waals surface area (Å²) in [5.41, 5.74) is 8.19. The van der Waals surface area contributed by atoms with Gasteiger partial charge in [-0.1, -0.05) is 18.2 Å². The third kappa shape index (κ3) is 2.16. The van der Waals surface area contributed by atoms with Crippen LogP contribution in [0.5, 0.6) is 0 Å². The SMILES string of the molecule is NCC(c1coc2ccccc12)N1CCSCC1. The Morgan fingerprint density at radius 3 is 2.83 bits per heavy atom. The summed E-state index contributed by atoms with van der Waals surface area (Å²) in [6.07, 6.45) is 1.88. The molecule has 3 rings (SSSR count). The minimum atomic E-state index is 0.287. The molecule has 1 fully saturated rings. The molecule has 0 bridgehead atoms. The third-order valence-corrected chi connectivity index (χ3v) is 4.52. The van der Waals surface area contributed by atoms with Crippen molar-refractivity contribution < 1.29 is 4.42 Å². The Kier molecular flexibility index (Phi) is 3.59. The maximum absolute atomic E-state index is 6.00. The van der Waals surface area contributed by atoms with Gasteiger partial charge in [0, 0.05) is 42.1 Å². The molecule has 0 spiro atoms. The van der Waals surface area contributed by atoms with Crippen molar-refractivity contribution in [3.05, 3.63) is 36.1 Å². The average molecular weight is 262 g/mol. The van der Waals surface area contributed by atoms with Crippen molar-refractivity contribution in [1.82, 2.24) is 4.90 Å². The fourth-order valence-electron chi connectivity index (χ4n) is 2.62. The predicted molar refractivity (Wildman–Crippen MR) is 76.9 cm³/mol. The van der Waals surface area contributed by atoms with E-state index in [-0.39, 0.29) is 6.04 Å². The van der Waals surface area contributed by atoms with Crippen molar-refractivity contribution in [3.8, 4) is 0 Å². The van der Waals surface area contributed by atoms with Crippen LogP contribution in [0.15, 0.2) is 34.9 Å². The fraction of sp³-hybridized carbons (Fsp3) is 0.429. The van der Waals surface area contributed by atoms with E-state index < -0.39 is 0 Å². The first-order chi connectivity index (χ1) is 8.90. The first-order valence-corrected chi connectivity index (χ1v) is 7.53. The maximum atomic E-state index is 6.00. The number of fused-ring (bicyclic) bond motifs is 1. The second-order valence-corrected chi connectivity index (χ2v) is 5.81. The van der Waals surface area contributed by atoms with E-state index in [4.69, 9.17) is 10.2 Å². The predicted octanol–water partition coefficient (Wildman–Crippen LogP) is 2.48. The van der Waals surface area contributed by atoms with Gasteiger partial charge in [0.25, 0.3) is 0 Å². The molecule has 1 aromatic heterocycles. The zero-order valence-corrected chi connectivity index (χ0v) is 11.2. The molecule has 4 heteroatoms. The molecule has 3 nitrogen and oxygen atoms in total. The monoisotopic (exact) mass is 262 g/mol. The van der Waals surface area contributed by atoms with Gasteiger partial charge < -0.3 is 10.2 Å². The molecule has 96 valence electrons. The Hall–Kier alpha value is -0.970. The van der Waals surface area contributed by atoms with Crippen LogP contribution in [0.1, 0.15) is 11.6 Å². The largest absolute Gasteiger partial charge is 0.464 e. The number of hydrogen-bond acceptors (Lipinski definition) is 4. The second kappa shape index (κ2) is 5.34. The highest BCUT2D eigenvalue weighted by atomic mass is 32.2. The molecule has 1 unspecified atom stereocenters. The third-order valence-electron chi connectivity index (χ3n) is 3.58. The van der Waals surface area contributed by atoms with Crippen molar-refractivity contribution in [1.29, 1.82) is 0 Å². The molecule has 0 saturated carbocycles. The van der Waals surface area contributed by atoms with Crippen LogP contribution in [0, 0.1) is 0 Å². The lowest BCUT2D eigenvalue weighted by Crippen LogP contribution is -2.39. The van der Waals surface area contributed by atoms with E-state index >= 15 is 0 Å². The van der Waals surface area contributed by atoms with Crippen molar-refractivity contribution in [2.45, 2.75) is 6.04 Å². The molecule has 1 aliphatic heterocycles. The Morgan fingerprint density at radius 1 is 1.28 bits per heavy atom. The highest BCUT2D eigenvalue weighted by molar-refractivity contribution is 7.99. The molecular weight excluding hydrogens is 244 g/mol. The van der Waals surface area contributed by atoms with Crippen LogP contribution < -0.4 is 5.73 Å². The van der Waals surface area contributed by atoms with Gasteiger partial charge in [-0.15, -0.1) is 0 Å². The number of rotatable bonds is 3. The van der Waals surface area contributed by atoms with Crippen LogP contribution in [0.3, 0.4) is 0 Å². The summed E-state index contributed by atoms with van der Waals surface area (Å²) in [6.45, 7) is 2.88. The summed E-state index contributed by atoms with van der Waals surface area (Å²) >= 11 is 2.02. The molecule has 18 heavy (non-hydrogen) atoms. The molecule has 1 saturated heterocycles. The number of nitrogens with two attached hydrogens (primary N) is 1. The normalized spacial score (nSPS) is 19.2. The van der Waals surface area contributed by atoms with E-state index in [2.05, 4.69) is 17.0 Å². The highest BCUT2D eigenvalue weighted by Crippen LogP contribution is 2.30. The van der Waals surface area contributed by atoms with E-state index in [0.29, 0.717) is 6.54 Å². The van der Waals surface area contributed by atoms with Crippen LogP contribution in [0.2, 0.25) is 0 Å². The van der Waals surface area contributed by atoms with E-state index in [1.807, 2.05) is 30.2 Å². The van der Waals surface area contributed by atoms with Crippen molar-refractivity contribution in [2.75, 3.05) is 31.1 Å². The Morgan fingerprint density at radius 2 is 2.06 bits per heavy atom. The summed E-state index contributed by atoms with van der Waals surface area (Å²) in [4.78, 5) is 2.48. The first-order valence-electron chi connectivity index (χ1n) is 6.38. The van der Waals surface area contributed by atoms with Gasteiger partial charge in [-0.3, -0.25) is 4.90 Å². The summed E-state index contributed by atoms with van der Waals surface area (Å²) in [7, 11) is 0. The van der Waals surface area contributed by atoms with Crippen LogP contribution in [0.4, 0.5) is 0 Å². The van der Waals surface area contributed by atoms with Gasteiger partial charge in [0.2, 0.25) is 0 Å². The van der Waals surface area contributed by atoms with Gasteiger partial charge in [-0.2, -0.15) is 11.8 Å². The van der Waals surface area contributed by atoms with Gasteiger partial charge >= 0.3 is 0 Å². The fourth-order valence-corrected chi connectivity index (χ4v) is 3.55. The van der Waals surface area contributed by atoms with Gasteiger partial charge in [0.15, 0.2) is 0 Å². The van der Waals surface area contributed by atoms with E-state index in [9.17, 15) is 0 Å². The zero-order valence-electron chi connectivity index (χ0n) is 10.3. The molecule has 1 aromatic carbocycles. The standard InChI is InChI=1S/C14H18N2OS/c15-9-13(16-5-7-18-8-6-16)12-10-17-14-4-2-1-3-11(12)14/h1-4,10,13H,5-9,15H2. The Labute approximate surface area is 111 Å². The summed E-state index contributed by atoms with van der Waals surface area (Å²) in [6, 6.07) is 8.48. The van der Waals surface area contributed by atoms with Crippen molar-refractivity contribution in [3.63, 3.8) is 0 Å². The van der Waals surface area contributed by atoms with E-state index in [1.165, 1.54) is 22.5 Å². The smallest absolute Gasteiger partial charge is 0.134 e. The van der Waals surface area contributed by atoms with E-state index in [0.717, 1.165) is 18.7 Å². The molecule has 0 aliphatic carbocycles. The molecule has 2 N–H and O–H groups in total. The van der Waals surface area contributed by atoms with Crippen molar-refractivity contribution >= 4 is 22.7 Å². The average Bonchev–Trinajstić information content (AvgIpc) is 2.85. The number of thioether (sulfide) groups is 1. The number of nitrogens with zero attached hydrogens (tertiary/aromatic N) is 1. The highest BCUT2D eigenvalue weighted by Gasteiger charge is 2.24. The number of benzene rings is 1. The quantitative estimate of drug-likeness (QED) is 0.923. The topological polar surface area (TPSA) is 42.4 Å². The van der Waals surface area contributed by atoms with Crippen LogP contribution in [-0.4, -0.2) is 36.0 Å². The number of furan rings is 1. The summed E-state index contributed by atoms with van der Waals surface area (Å²) < 4.78 is 5.64. The van der Waals surface area contributed by atoms with Gasteiger partial charge in [-0.25, -0.2) is 0 Å². The minimum Gasteiger partial charge on any atom is -0.464 e. The lowest BCUT2D eigenvalue weighted by Gasteiger charge is -2.33. The van der Waals surface area contributed by atoms with Gasteiger partial charge in [0.1, 0.15) is 5.58 Å². The Balaban J connectivity index is 1.95. The van der Waals surface area contributed by atoms with Crippen LogP contribution in [0.25, 0.3) is 11.0 Å². The van der Waals surface area contributed by atoms with Crippen molar-refractivity contribution in [2.24, 2.45) is 5.73 Å². The molecule has 1 aliphatic rings. The maximum Gasteiger partial charge on any atom is 0.134 e. The van der Waals surface area contributed by atoms with Crippen LogP contribution in [-0.2, 0) is 0 Å².